The molecule has 1 fully saturated rings. The monoisotopic (exact) mass is 1280 g/mol. The van der Waals surface area contributed by atoms with Gasteiger partial charge in [0.1, 0.15) is 0 Å². The maximum atomic E-state index is 8.07. The molecule has 0 N–H and O–H groups in total. The third kappa shape index (κ3) is 23.1. The van der Waals surface area contributed by atoms with Crippen LogP contribution in [0.3, 0.4) is 0 Å². The van der Waals surface area contributed by atoms with Crippen molar-refractivity contribution in [3.63, 3.8) is 0 Å². The van der Waals surface area contributed by atoms with Crippen LogP contribution in [0.15, 0.2) is 123 Å². The standard InChI is InChI=1S/C60H120O10Si10/c1-31-71(41-51(11)12)61-72(32-2,42-52(13)14)63-74(34-4,44-54(17)18)65-76(36-6,46-56(21)22)67-78(38-8,48-58(25)26)69-80(40-10,50-60(29)30)70-79(39-9,49-59(27)28)68-77(37-7,47-57(23)24)66-75(35-5,45-55(19)20)64-73(33-3,62-71)43-53(15)16/h31-40,51-60H,1-10,41-50H2,11-30H3. The Balaban J connectivity index is 5.45. The van der Waals surface area contributed by atoms with Gasteiger partial charge in [0.15, 0.2) is 0 Å². The first-order valence-electron chi connectivity index (χ1n) is 30.2. The number of hydrogen-bond donors (Lipinski definition) is 0. The summed E-state index contributed by atoms with van der Waals surface area (Å²) in [5, 5.41) is 0. The van der Waals surface area contributed by atoms with Crippen molar-refractivity contribution in [2.24, 2.45) is 59.2 Å². The first kappa shape index (κ1) is 77.2. The van der Waals surface area contributed by atoms with Crippen LogP contribution in [0.25, 0.3) is 0 Å². The summed E-state index contributed by atoms with van der Waals surface area (Å²) in [5.41, 5.74) is 19.5. The van der Waals surface area contributed by atoms with E-state index in [1.54, 1.807) is 0 Å². The third-order valence-corrected chi connectivity index (χ3v) is 61.2. The maximum Gasteiger partial charge on any atom is 0.347 e. The smallest absolute Gasteiger partial charge is 0.347 e. The largest absolute Gasteiger partial charge is 0.409 e. The van der Waals surface area contributed by atoms with Crippen LogP contribution in [0, 0.1) is 59.2 Å². The molecule has 0 aromatic rings. The molecule has 460 valence electrons. The second-order valence-electron chi connectivity index (χ2n) is 27.2. The van der Waals surface area contributed by atoms with Crippen molar-refractivity contribution in [1.82, 2.24) is 0 Å². The van der Waals surface area contributed by atoms with E-state index in [1.807, 2.05) is 57.0 Å². The number of hydrogen-bond acceptors (Lipinski definition) is 10. The summed E-state index contributed by atoms with van der Waals surface area (Å²) >= 11 is 0. The lowest BCUT2D eigenvalue weighted by Gasteiger charge is -2.51. The van der Waals surface area contributed by atoms with Crippen LogP contribution < -0.4 is 0 Å². The Kier molecular flexibility index (Phi) is 31.6. The topological polar surface area (TPSA) is 92.3 Å². The fraction of sp³-hybridized carbons (Fsp3) is 0.667. The molecule has 0 aromatic carbocycles. The van der Waals surface area contributed by atoms with E-state index < -0.39 is 85.6 Å². The fourth-order valence-corrected chi connectivity index (χ4v) is 66.5. The van der Waals surface area contributed by atoms with Gasteiger partial charge in [0.2, 0.25) is 0 Å². The summed E-state index contributed by atoms with van der Waals surface area (Å²) in [4.78, 5) is 0. The van der Waals surface area contributed by atoms with E-state index >= 15 is 0 Å². The zero-order valence-corrected chi connectivity index (χ0v) is 64.8. The molecule has 0 aliphatic carbocycles. The van der Waals surface area contributed by atoms with Crippen LogP contribution in [0.1, 0.15) is 138 Å². The van der Waals surface area contributed by atoms with Crippen molar-refractivity contribution in [3.8, 4) is 0 Å². The van der Waals surface area contributed by atoms with Crippen LogP contribution in [-0.2, 0) is 41.2 Å². The van der Waals surface area contributed by atoms with Gasteiger partial charge in [0.25, 0.3) is 0 Å². The predicted octanol–water partition coefficient (Wildman–Crippen LogP) is 18.4. The average molecular weight is 1280 g/mol. The molecular formula is C60H120O10Si10. The number of rotatable bonds is 30. The third-order valence-electron chi connectivity index (χ3n) is 13.5. The van der Waals surface area contributed by atoms with Crippen molar-refractivity contribution in [2.45, 2.75) is 199 Å². The molecular weight excluding hydrogens is 1160 g/mol. The molecule has 0 spiro atoms. The van der Waals surface area contributed by atoms with Crippen LogP contribution in [0.2, 0.25) is 60.4 Å². The summed E-state index contributed by atoms with van der Waals surface area (Å²) in [6.45, 7) is 90.3. The molecule has 0 amide bonds. The Morgan fingerprint density at radius 3 is 0.275 bits per heavy atom. The van der Waals surface area contributed by atoms with Gasteiger partial charge in [0, 0.05) is 0 Å². The molecule has 0 atom stereocenters. The predicted molar refractivity (Wildman–Crippen MR) is 367 cm³/mol. The van der Waals surface area contributed by atoms with E-state index in [-0.39, 0.29) is 59.2 Å². The Morgan fingerprint density at radius 2 is 0.237 bits per heavy atom. The molecule has 0 saturated carbocycles. The molecule has 0 radical (unpaired) electrons. The van der Waals surface area contributed by atoms with E-state index in [0.717, 1.165) is 0 Å². The molecule has 1 aliphatic heterocycles. The van der Waals surface area contributed by atoms with Crippen LogP contribution >= 0.6 is 0 Å². The Labute approximate surface area is 504 Å². The van der Waals surface area contributed by atoms with Crippen molar-refractivity contribution in [2.75, 3.05) is 0 Å². The van der Waals surface area contributed by atoms with Crippen LogP contribution in [-0.4, -0.2) is 85.6 Å². The van der Waals surface area contributed by atoms with Crippen molar-refractivity contribution >= 4 is 85.6 Å². The molecule has 0 unspecified atom stereocenters. The maximum absolute atomic E-state index is 8.07. The zero-order chi connectivity index (χ0) is 62.0. The highest BCUT2D eigenvalue weighted by molar-refractivity contribution is 7.01. The Morgan fingerprint density at radius 1 is 0.175 bits per heavy atom. The van der Waals surface area contributed by atoms with Gasteiger partial charge < -0.3 is 41.2 Å². The van der Waals surface area contributed by atoms with Gasteiger partial charge >= 0.3 is 85.6 Å². The fourth-order valence-electron chi connectivity index (χ4n) is 11.3. The summed E-state index contributed by atoms with van der Waals surface area (Å²) in [6.07, 6.45) is 0. The van der Waals surface area contributed by atoms with Crippen LogP contribution in [0.5, 0.6) is 0 Å². The molecule has 0 aromatic heterocycles. The normalized spacial score (nSPS) is 33.9. The summed E-state index contributed by atoms with van der Waals surface area (Å²) in [6, 6.07) is 5.56. The summed E-state index contributed by atoms with van der Waals surface area (Å²) in [5.74, 6) is 1.22. The van der Waals surface area contributed by atoms with Crippen molar-refractivity contribution in [3.05, 3.63) is 123 Å². The highest BCUT2D eigenvalue weighted by atomic mass is 28.5. The van der Waals surface area contributed by atoms with Crippen molar-refractivity contribution < 1.29 is 41.2 Å². The Bertz CT molecular complexity index is 1540. The van der Waals surface area contributed by atoms with Crippen LogP contribution in [0.4, 0.5) is 0 Å². The molecule has 1 saturated heterocycles. The SMILES string of the molecule is C=C[Si]1(CC(C)C)O[Si](C=C)(CC(C)C)O[Si](C=C)(CC(C)C)O[Si](C=C)(CC(C)C)O[Si](C=C)(CC(C)C)O[Si](C=C)(CC(C)C)O[Si](C=C)(CC(C)C)O[Si](C=C)(CC(C)C)O[Si](C=C)(CC(C)C)O[Si](C=C)(CC(C)C)O1. The zero-order valence-electron chi connectivity index (χ0n) is 54.8. The highest BCUT2D eigenvalue weighted by Gasteiger charge is 2.63. The molecule has 1 heterocycles. The lowest BCUT2D eigenvalue weighted by molar-refractivity contribution is 0.228. The molecule has 10 nitrogen and oxygen atoms in total. The minimum atomic E-state index is -3.70. The molecule has 0 bridgehead atoms. The molecule has 1 rings (SSSR count). The van der Waals surface area contributed by atoms with Gasteiger partial charge in [-0.1, -0.05) is 195 Å². The molecule has 1 aliphatic rings. The summed E-state index contributed by atoms with van der Waals surface area (Å²) in [7, 11) is -37.0. The van der Waals surface area contributed by atoms with E-state index in [9.17, 15) is 0 Å². The van der Waals surface area contributed by atoms with Gasteiger partial charge in [-0.3, -0.25) is 0 Å². The van der Waals surface area contributed by atoms with E-state index in [0.29, 0.717) is 60.4 Å². The lowest BCUT2D eigenvalue weighted by atomic mass is 10.3. The second kappa shape index (κ2) is 32.8. The summed E-state index contributed by atoms with van der Waals surface area (Å²) < 4.78 is 80.7. The minimum Gasteiger partial charge on any atom is -0.409 e. The quantitative estimate of drug-likeness (QED) is 0.0648. The van der Waals surface area contributed by atoms with Gasteiger partial charge in [-0.2, -0.15) is 0 Å². The van der Waals surface area contributed by atoms with E-state index in [4.69, 9.17) is 41.2 Å². The van der Waals surface area contributed by atoms with E-state index in [2.05, 4.69) is 204 Å². The Hall–Kier alpha value is -0.831. The minimum absolute atomic E-state index is 0.122. The first-order chi connectivity index (χ1) is 36.8. The molecule has 20 heteroatoms. The lowest BCUT2D eigenvalue weighted by Crippen LogP contribution is -2.69. The van der Waals surface area contributed by atoms with Crippen molar-refractivity contribution in [1.29, 1.82) is 0 Å². The van der Waals surface area contributed by atoms with E-state index in [1.165, 1.54) is 0 Å². The van der Waals surface area contributed by atoms with Gasteiger partial charge in [-0.05, 0) is 120 Å². The second-order valence-corrected chi connectivity index (χ2v) is 59.7. The van der Waals surface area contributed by atoms with Gasteiger partial charge in [-0.25, -0.2) is 0 Å². The van der Waals surface area contributed by atoms with Gasteiger partial charge in [0.05, 0.1) is 0 Å². The van der Waals surface area contributed by atoms with Gasteiger partial charge in [-0.15, -0.1) is 65.8 Å². The highest BCUT2D eigenvalue weighted by Crippen LogP contribution is 2.45. The average Bonchev–Trinajstić information content (AvgIpc) is 3.31. The molecule has 80 heavy (non-hydrogen) atoms. The first-order valence-corrected chi connectivity index (χ1v) is 51.2.